The molecule has 0 amide bonds. The lowest BCUT2D eigenvalue weighted by molar-refractivity contribution is -0.131. The number of carbonyl (C=O) groups excluding carboxylic acids is 1. The molecule has 0 saturated carbocycles. The monoisotopic (exact) mass is 151 g/mol. The molecule has 0 aliphatic carbocycles. The molecule has 0 saturated heterocycles. The third kappa shape index (κ3) is 1.64. The summed E-state index contributed by atoms with van der Waals surface area (Å²) in [5.41, 5.74) is -0.0787. The number of rotatable bonds is 2. The van der Waals surface area contributed by atoms with Gasteiger partial charge in [0.15, 0.2) is 0 Å². The van der Waals surface area contributed by atoms with Crippen LogP contribution < -0.4 is 0 Å². The van der Waals surface area contributed by atoms with Crippen molar-refractivity contribution in [3.8, 4) is 0 Å². The maximum atomic E-state index is 10.8. The summed E-state index contributed by atoms with van der Waals surface area (Å²) < 4.78 is 7.21. The molecule has 0 unspecified atom stereocenters. The highest BCUT2D eigenvalue weighted by Gasteiger charge is 2.12. The van der Waals surface area contributed by atoms with E-state index in [1.165, 1.54) is 18.2 Å². The highest BCUT2D eigenvalue weighted by Crippen LogP contribution is 1.98. The van der Waals surface area contributed by atoms with Gasteiger partial charge in [-0.05, 0) is 0 Å². The summed E-state index contributed by atoms with van der Waals surface area (Å²) in [4.78, 5) is 21.1. The minimum atomic E-state index is -1.53. The first-order chi connectivity index (χ1) is 5.63. The van der Waals surface area contributed by atoms with Crippen LogP contribution in [0.2, 0.25) is 0 Å². The number of carboxylic acids is 1. The summed E-state index contributed by atoms with van der Waals surface area (Å²) in [6.07, 6.45) is 0. The number of aliphatic carboxylic acids is 1. The first kappa shape index (κ1) is 6.09. The van der Waals surface area contributed by atoms with Gasteiger partial charge in [0.2, 0.25) is 0 Å². The van der Waals surface area contributed by atoms with E-state index in [0.717, 1.165) is 0 Å². The van der Waals surface area contributed by atoms with Crippen molar-refractivity contribution >= 4 is 11.8 Å². The fraction of sp³-hybridized carbons (Fsp3) is 0. The molecule has 0 atom stereocenters. The van der Waals surface area contributed by atoms with Gasteiger partial charge in [0, 0.05) is 5.56 Å². The number of benzene rings is 1. The molecule has 1 rings (SSSR count). The lowest BCUT2D eigenvalue weighted by Gasteiger charge is -1.91. The topological polar surface area (TPSA) is 54.4 Å². The average molecular weight is 151 g/mol. The summed E-state index contributed by atoms with van der Waals surface area (Å²) in [5.74, 6) is -2.57. The second-order valence-corrected chi connectivity index (χ2v) is 1.91. The molecule has 0 aliphatic heterocycles. The van der Waals surface area contributed by atoms with Crippen molar-refractivity contribution in [2.24, 2.45) is 0 Å². The Hall–Kier alpha value is -1.64. The summed E-state index contributed by atoms with van der Waals surface area (Å²) in [6, 6.07) is 5.72. The van der Waals surface area contributed by atoms with Crippen LogP contribution in [0.4, 0.5) is 0 Å². The molecule has 1 aromatic carbocycles. The Labute approximate surface area is 64.7 Å². The van der Waals surface area contributed by atoms with E-state index in [-0.39, 0.29) is 11.6 Å². The molecule has 0 heterocycles. The fourth-order valence-corrected chi connectivity index (χ4v) is 0.650. The molecule has 1 N–H and O–H groups in total. The van der Waals surface area contributed by atoms with Crippen LogP contribution in [0.5, 0.6) is 0 Å². The number of ketones is 1. The third-order valence-corrected chi connectivity index (χ3v) is 1.15. The molecule has 56 valence electrons. The Bertz CT molecular complexity index is 333. The number of hydrogen-bond donors (Lipinski definition) is 1. The zero-order valence-corrected chi connectivity index (χ0v) is 5.57. The largest absolute Gasteiger partial charge is 0.475 e. The first-order valence-electron chi connectivity index (χ1n) is 3.46. The van der Waals surface area contributed by atoms with Gasteiger partial charge in [0.1, 0.15) is 0 Å². The van der Waals surface area contributed by atoms with Gasteiger partial charge in [0.25, 0.3) is 5.78 Å². The minimum Gasteiger partial charge on any atom is -0.475 e. The lowest BCUT2D eigenvalue weighted by atomic mass is 10.1. The summed E-state index contributed by atoms with van der Waals surface area (Å²) in [7, 11) is 0. The summed E-state index contributed by atoms with van der Waals surface area (Å²) >= 11 is 0. The van der Waals surface area contributed by atoms with E-state index < -0.39 is 11.8 Å². The quantitative estimate of drug-likeness (QED) is 0.505. The Morgan fingerprint density at radius 1 is 1.36 bits per heavy atom. The van der Waals surface area contributed by atoms with Crippen LogP contribution >= 0.6 is 0 Å². The van der Waals surface area contributed by atoms with E-state index in [0.29, 0.717) is 0 Å². The van der Waals surface area contributed by atoms with Crippen LogP contribution in [0.3, 0.4) is 0 Å². The van der Waals surface area contributed by atoms with Gasteiger partial charge in [-0.2, -0.15) is 0 Å². The molecule has 0 radical (unpaired) electrons. The standard InChI is InChI=1S/C8H6O3/c9-7(8(10)11)6-4-2-1-3-5-6/h1-5H,(H,10,11)/i4D. The van der Waals surface area contributed by atoms with Gasteiger partial charge >= 0.3 is 5.97 Å². The smallest absolute Gasteiger partial charge is 0.377 e. The first-order valence-corrected chi connectivity index (χ1v) is 2.96. The minimum absolute atomic E-state index is 0.0649. The zero-order valence-electron chi connectivity index (χ0n) is 6.57. The maximum absolute atomic E-state index is 10.8. The Balaban J connectivity index is 3.11. The number of carboxylic acid groups (broad SMARTS) is 1. The molecular formula is C8H6O3. The number of hydrogen-bond acceptors (Lipinski definition) is 2. The summed E-state index contributed by atoms with van der Waals surface area (Å²) in [5, 5.41) is 8.33. The van der Waals surface area contributed by atoms with E-state index in [9.17, 15) is 9.59 Å². The molecule has 0 spiro atoms. The second-order valence-electron chi connectivity index (χ2n) is 1.91. The predicted molar refractivity (Wildman–Crippen MR) is 38.4 cm³/mol. The fourth-order valence-electron chi connectivity index (χ4n) is 0.650. The van der Waals surface area contributed by atoms with Crippen molar-refractivity contribution in [2.45, 2.75) is 0 Å². The SMILES string of the molecule is [2H]c1ccccc1C(=O)C(=O)O. The Kier molecular flexibility index (Phi) is 1.64. The van der Waals surface area contributed by atoms with Gasteiger partial charge in [-0.1, -0.05) is 30.3 Å². The third-order valence-electron chi connectivity index (χ3n) is 1.15. The van der Waals surface area contributed by atoms with E-state index in [2.05, 4.69) is 0 Å². The molecule has 3 nitrogen and oxygen atoms in total. The highest BCUT2D eigenvalue weighted by atomic mass is 16.4. The van der Waals surface area contributed by atoms with Crippen molar-refractivity contribution in [3.63, 3.8) is 0 Å². The van der Waals surface area contributed by atoms with Gasteiger partial charge in [-0.25, -0.2) is 4.79 Å². The van der Waals surface area contributed by atoms with Crippen molar-refractivity contribution in [3.05, 3.63) is 35.9 Å². The van der Waals surface area contributed by atoms with Crippen molar-refractivity contribution in [1.29, 1.82) is 0 Å². The molecule has 3 heteroatoms. The van der Waals surface area contributed by atoms with Crippen LogP contribution in [0, 0.1) is 0 Å². The van der Waals surface area contributed by atoms with Crippen molar-refractivity contribution < 1.29 is 16.1 Å². The van der Waals surface area contributed by atoms with Crippen molar-refractivity contribution in [2.75, 3.05) is 0 Å². The van der Waals surface area contributed by atoms with Crippen LogP contribution in [0.25, 0.3) is 0 Å². The van der Waals surface area contributed by atoms with Crippen LogP contribution in [-0.4, -0.2) is 16.9 Å². The molecule has 0 bridgehead atoms. The number of Topliss-reactive ketones (excluding diaryl/α,β-unsaturated/α-hetero) is 1. The molecule has 1 aromatic rings. The van der Waals surface area contributed by atoms with E-state index in [4.69, 9.17) is 6.48 Å². The van der Waals surface area contributed by atoms with E-state index in [1.54, 1.807) is 6.07 Å². The van der Waals surface area contributed by atoms with E-state index in [1.807, 2.05) is 0 Å². The van der Waals surface area contributed by atoms with Crippen LogP contribution in [-0.2, 0) is 4.79 Å². The Morgan fingerprint density at radius 2 is 2.09 bits per heavy atom. The molecule has 0 aromatic heterocycles. The molecule has 11 heavy (non-hydrogen) atoms. The number of carbonyl (C=O) groups is 2. The molecular weight excluding hydrogens is 144 g/mol. The Morgan fingerprint density at radius 3 is 2.64 bits per heavy atom. The molecule has 0 aliphatic rings. The van der Waals surface area contributed by atoms with Gasteiger partial charge in [0.05, 0.1) is 1.37 Å². The van der Waals surface area contributed by atoms with Crippen molar-refractivity contribution in [1.82, 2.24) is 0 Å². The van der Waals surface area contributed by atoms with Gasteiger partial charge in [-0.3, -0.25) is 4.79 Å². The molecule has 0 fully saturated rings. The average Bonchev–Trinajstić information content (AvgIpc) is 2.04. The van der Waals surface area contributed by atoms with Gasteiger partial charge in [-0.15, -0.1) is 0 Å². The van der Waals surface area contributed by atoms with Crippen LogP contribution in [0.1, 0.15) is 11.7 Å². The van der Waals surface area contributed by atoms with Gasteiger partial charge < -0.3 is 5.11 Å². The lowest BCUT2D eigenvalue weighted by Crippen LogP contribution is -2.12. The summed E-state index contributed by atoms with van der Waals surface area (Å²) in [6.45, 7) is 0. The van der Waals surface area contributed by atoms with Crippen LogP contribution in [0.15, 0.2) is 30.3 Å². The maximum Gasteiger partial charge on any atom is 0.377 e. The highest BCUT2D eigenvalue weighted by molar-refractivity contribution is 6.39. The van der Waals surface area contributed by atoms with E-state index >= 15 is 0 Å². The zero-order chi connectivity index (χ0) is 9.14. The predicted octanol–water partition coefficient (Wildman–Crippen LogP) is 0.954. The normalized spacial score (nSPS) is 10.4. The second kappa shape index (κ2) is 2.96.